The van der Waals surface area contributed by atoms with E-state index >= 15 is 0 Å². The van der Waals surface area contributed by atoms with E-state index in [0.29, 0.717) is 0 Å². The molecule has 2 amide bonds. The van der Waals surface area contributed by atoms with Gasteiger partial charge in [-0.15, -0.1) is 0 Å². The molecule has 3 heteroatoms. The number of anilines is 1. The first-order valence-corrected chi connectivity index (χ1v) is 5.42. The lowest BCUT2D eigenvalue weighted by atomic mass is 10.1. The molecule has 0 saturated heterocycles. The molecule has 0 aliphatic carbocycles. The highest BCUT2D eigenvalue weighted by Crippen LogP contribution is 2.13. The molecule has 0 spiro atoms. The van der Waals surface area contributed by atoms with Crippen molar-refractivity contribution in [3.63, 3.8) is 0 Å². The average Bonchev–Trinajstić information content (AvgIpc) is 2.16. The quantitative estimate of drug-likeness (QED) is 0.802. The molecule has 0 aliphatic heterocycles. The lowest BCUT2D eigenvalue weighted by Crippen LogP contribution is -2.23. The Morgan fingerprint density at radius 3 is 2.44 bits per heavy atom. The molecule has 0 saturated carbocycles. The van der Waals surface area contributed by atoms with Crippen molar-refractivity contribution in [2.24, 2.45) is 0 Å². The largest absolute Gasteiger partial charge is 0.323 e. The minimum absolute atomic E-state index is 0.213. The van der Waals surface area contributed by atoms with Gasteiger partial charge < -0.3 is 10.6 Å². The van der Waals surface area contributed by atoms with Crippen LogP contribution in [0.1, 0.15) is 24.5 Å². The fraction of sp³-hybridized carbons (Fsp3) is 0.308. The van der Waals surface area contributed by atoms with E-state index in [-0.39, 0.29) is 6.03 Å². The van der Waals surface area contributed by atoms with Crippen LogP contribution in [0.5, 0.6) is 0 Å². The Hall–Kier alpha value is -1.77. The van der Waals surface area contributed by atoms with Crippen molar-refractivity contribution in [3.8, 4) is 0 Å². The van der Waals surface area contributed by atoms with E-state index in [2.05, 4.69) is 16.7 Å². The van der Waals surface area contributed by atoms with Gasteiger partial charge in [0, 0.05) is 11.9 Å². The van der Waals surface area contributed by atoms with E-state index in [9.17, 15) is 4.79 Å². The second-order valence-electron chi connectivity index (χ2n) is 3.79. The summed E-state index contributed by atoms with van der Waals surface area (Å²) in [5.74, 6) is 0. The number of hydrogen-bond acceptors (Lipinski definition) is 1. The molecule has 86 valence electrons. The second-order valence-corrected chi connectivity index (χ2v) is 3.79. The maximum Gasteiger partial charge on any atom is 0.323 e. The monoisotopic (exact) mass is 218 g/mol. The van der Waals surface area contributed by atoms with Gasteiger partial charge in [0.25, 0.3) is 0 Å². The van der Waals surface area contributed by atoms with E-state index in [4.69, 9.17) is 0 Å². The molecule has 0 atom stereocenters. The maximum atomic E-state index is 11.4. The zero-order chi connectivity index (χ0) is 12.0. The van der Waals surface area contributed by atoms with Crippen LogP contribution in [-0.4, -0.2) is 6.03 Å². The molecule has 1 aromatic carbocycles. The smallest absolute Gasteiger partial charge is 0.315 e. The molecule has 0 aromatic heterocycles. The molecule has 2 N–H and O–H groups in total. The molecule has 0 aliphatic rings. The van der Waals surface area contributed by atoms with Crippen LogP contribution >= 0.6 is 0 Å². The maximum absolute atomic E-state index is 11.4. The van der Waals surface area contributed by atoms with Gasteiger partial charge in [0.1, 0.15) is 0 Å². The number of rotatable bonds is 3. The molecule has 0 unspecified atom stereocenters. The third kappa shape index (κ3) is 4.17. The fourth-order valence-electron chi connectivity index (χ4n) is 1.47. The lowest BCUT2D eigenvalue weighted by Gasteiger charge is -2.06. The van der Waals surface area contributed by atoms with Crippen LogP contribution in [0.2, 0.25) is 0 Å². The summed E-state index contributed by atoms with van der Waals surface area (Å²) in [5.41, 5.74) is 3.10. The third-order valence-electron chi connectivity index (χ3n) is 2.05. The molecule has 16 heavy (non-hydrogen) atoms. The molecule has 1 rings (SSSR count). The number of benzene rings is 1. The van der Waals surface area contributed by atoms with Crippen LogP contribution in [-0.2, 0) is 0 Å². The molecular weight excluding hydrogens is 200 g/mol. The van der Waals surface area contributed by atoms with E-state index in [1.807, 2.05) is 39.0 Å². The van der Waals surface area contributed by atoms with Gasteiger partial charge >= 0.3 is 6.03 Å². The van der Waals surface area contributed by atoms with Gasteiger partial charge in [-0.2, -0.15) is 0 Å². The first-order chi connectivity index (χ1) is 7.61. The zero-order valence-electron chi connectivity index (χ0n) is 10.0. The topological polar surface area (TPSA) is 41.1 Å². The standard InChI is InChI=1S/C13H18N2O/c1-4-5-6-14-13(16)15-12-8-10(2)7-11(3)9-12/h5-9H,4H2,1-3H3,(H2,14,15,16)/b6-5+. The van der Waals surface area contributed by atoms with Crippen LogP contribution < -0.4 is 10.6 Å². The van der Waals surface area contributed by atoms with Crippen molar-refractivity contribution < 1.29 is 4.79 Å². The van der Waals surface area contributed by atoms with Gasteiger partial charge in [0.05, 0.1) is 0 Å². The van der Waals surface area contributed by atoms with Crippen LogP contribution in [0.15, 0.2) is 30.5 Å². The predicted octanol–water partition coefficient (Wildman–Crippen LogP) is 3.35. The van der Waals surface area contributed by atoms with Gasteiger partial charge in [-0.1, -0.05) is 19.1 Å². The normalized spacial score (nSPS) is 10.4. The molecule has 0 bridgehead atoms. The Balaban J connectivity index is 2.59. The van der Waals surface area contributed by atoms with Gasteiger partial charge in [-0.05, 0) is 43.5 Å². The molecule has 0 heterocycles. The highest BCUT2D eigenvalue weighted by molar-refractivity contribution is 5.90. The Bertz CT molecular complexity index is 377. The summed E-state index contributed by atoms with van der Waals surface area (Å²) in [7, 11) is 0. The van der Waals surface area contributed by atoms with E-state index in [0.717, 1.165) is 23.2 Å². The summed E-state index contributed by atoms with van der Waals surface area (Å²) in [6.07, 6.45) is 4.45. The first kappa shape index (κ1) is 12.3. The molecule has 3 nitrogen and oxygen atoms in total. The minimum atomic E-state index is -0.213. The van der Waals surface area contributed by atoms with Crippen LogP contribution in [0.25, 0.3) is 0 Å². The van der Waals surface area contributed by atoms with E-state index < -0.39 is 0 Å². The number of carbonyl (C=O) groups is 1. The summed E-state index contributed by atoms with van der Waals surface area (Å²) in [4.78, 5) is 11.4. The van der Waals surface area contributed by atoms with E-state index in [1.54, 1.807) is 6.20 Å². The van der Waals surface area contributed by atoms with Gasteiger partial charge in [0.2, 0.25) is 0 Å². The van der Waals surface area contributed by atoms with Crippen LogP contribution in [0.4, 0.5) is 10.5 Å². The number of urea groups is 1. The fourth-order valence-corrected chi connectivity index (χ4v) is 1.47. The van der Waals surface area contributed by atoms with Crippen molar-refractivity contribution >= 4 is 11.7 Å². The van der Waals surface area contributed by atoms with E-state index in [1.165, 1.54) is 0 Å². The first-order valence-electron chi connectivity index (χ1n) is 5.42. The van der Waals surface area contributed by atoms with Crippen molar-refractivity contribution in [1.82, 2.24) is 5.32 Å². The Kier molecular flexibility index (Phi) is 4.58. The number of amides is 2. The van der Waals surface area contributed by atoms with Crippen molar-refractivity contribution in [2.75, 3.05) is 5.32 Å². The zero-order valence-corrected chi connectivity index (χ0v) is 10.0. The average molecular weight is 218 g/mol. The number of carbonyl (C=O) groups excluding carboxylic acids is 1. The highest BCUT2D eigenvalue weighted by atomic mass is 16.2. The van der Waals surface area contributed by atoms with Crippen LogP contribution in [0, 0.1) is 13.8 Å². The Morgan fingerprint density at radius 2 is 1.88 bits per heavy atom. The third-order valence-corrected chi connectivity index (χ3v) is 2.05. The molecule has 1 aromatic rings. The van der Waals surface area contributed by atoms with Crippen LogP contribution in [0.3, 0.4) is 0 Å². The van der Waals surface area contributed by atoms with Crippen molar-refractivity contribution in [3.05, 3.63) is 41.6 Å². The number of allylic oxidation sites excluding steroid dienone is 1. The highest BCUT2D eigenvalue weighted by Gasteiger charge is 2.00. The number of nitrogens with one attached hydrogen (secondary N) is 2. The van der Waals surface area contributed by atoms with Crippen molar-refractivity contribution in [2.45, 2.75) is 27.2 Å². The number of aryl methyl sites for hydroxylation is 2. The Morgan fingerprint density at radius 1 is 1.25 bits per heavy atom. The summed E-state index contributed by atoms with van der Waals surface area (Å²) >= 11 is 0. The second kappa shape index (κ2) is 5.95. The molecular formula is C13H18N2O. The predicted molar refractivity (Wildman–Crippen MR) is 67.5 cm³/mol. The molecule has 0 radical (unpaired) electrons. The lowest BCUT2D eigenvalue weighted by molar-refractivity contribution is 0.255. The molecule has 0 fully saturated rings. The van der Waals surface area contributed by atoms with Gasteiger partial charge in [0.15, 0.2) is 0 Å². The van der Waals surface area contributed by atoms with Gasteiger partial charge in [-0.25, -0.2) is 4.79 Å². The van der Waals surface area contributed by atoms with Gasteiger partial charge in [-0.3, -0.25) is 0 Å². The summed E-state index contributed by atoms with van der Waals surface area (Å²) in [6.45, 7) is 6.03. The summed E-state index contributed by atoms with van der Waals surface area (Å²) in [5, 5.41) is 5.42. The summed E-state index contributed by atoms with van der Waals surface area (Å²) in [6, 6.07) is 5.74. The SMILES string of the molecule is CC/C=C/NC(=O)Nc1cc(C)cc(C)c1. The Labute approximate surface area is 96.6 Å². The number of hydrogen-bond donors (Lipinski definition) is 2. The summed E-state index contributed by atoms with van der Waals surface area (Å²) < 4.78 is 0. The minimum Gasteiger partial charge on any atom is -0.315 e. The van der Waals surface area contributed by atoms with Crippen molar-refractivity contribution in [1.29, 1.82) is 0 Å².